The van der Waals surface area contributed by atoms with E-state index in [1.165, 1.54) is 4.90 Å². The highest BCUT2D eigenvalue weighted by molar-refractivity contribution is 5.94. The van der Waals surface area contributed by atoms with Crippen molar-refractivity contribution in [3.05, 3.63) is 53.6 Å². The molecule has 1 atom stereocenters. The van der Waals surface area contributed by atoms with Gasteiger partial charge in [-0.05, 0) is 31.9 Å². The molecule has 1 aliphatic heterocycles. The van der Waals surface area contributed by atoms with Gasteiger partial charge in [-0.15, -0.1) is 0 Å². The monoisotopic (exact) mass is 382 g/mol. The summed E-state index contributed by atoms with van der Waals surface area (Å²) in [6.07, 6.45) is 3.41. The summed E-state index contributed by atoms with van der Waals surface area (Å²) < 4.78 is 5.58. The Kier molecular flexibility index (Phi) is 6.23. The van der Waals surface area contributed by atoms with Crippen molar-refractivity contribution in [2.45, 2.75) is 25.7 Å². The third kappa shape index (κ3) is 4.65. The number of hydrogen-bond acceptors (Lipinski definition) is 5. The van der Waals surface area contributed by atoms with Crippen LogP contribution in [0.15, 0.2) is 36.5 Å². The molecule has 0 radical (unpaired) electrons. The average molecular weight is 382 g/mol. The third-order valence-electron chi connectivity index (χ3n) is 4.88. The molecule has 0 bridgehead atoms. The molecule has 7 nitrogen and oxygen atoms in total. The molecule has 7 heteroatoms. The molecule has 28 heavy (non-hydrogen) atoms. The van der Waals surface area contributed by atoms with Crippen LogP contribution in [0.1, 0.15) is 40.6 Å². The summed E-state index contributed by atoms with van der Waals surface area (Å²) >= 11 is 0. The van der Waals surface area contributed by atoms with Crippen molar-refractivity contribution in [1.82, 2.24) is 19.8 Å². The normalized spacial score (nSPS) is 16.5. The van der Waals surface area contributed by atoms with E-state index in [4.69, 9.17) is 4.74 Å². The van der Waals surface area contributed by atoms with Crippen LogP contribution in [-0.2, 0) is 4.79 Å². The summed E-state index contributed by atoms with van der Waals surface area (Å²) in [6, 6.07) is 9.32. The molecule has 3 rings (SSSR count). The maximum Gasteiger partial charge on any atom is 0.260 e. The lowest BCUT2D eigenvalue weighted by Gasteiger charge is -2.32. The Morgan fingerprint density at radius 3 is 2.68 bits per heavy atom. The summed E-state index contributed by atoms with van der Waals surface area (Å²) in [6.45, 7) is 3.12. The Morgan fingerprint density at radius 2 is 2.00 bits per heavy atom. The predicted molar refractivity (Wildman–Crippen MR) is 105 cm³/mol. The summed E-state index contributed by atoms with van der Waals surface area (Å²) in [5.41, 5.74) is 1.17. The van der Waals surface area contributed by atoms with E-state index in [2.05, 4.69) is 9.97 Å². The zero-order valence-corrected chi connectivity index (χ0v) is 16.6. The number of carbonyl (C=O) groups is 2. The number of nitrogens with zero attached hydrogens (tertiary/aromatic N) is 4. The molecule has 0 spiro atoms. The Balaban J connectivity index is 1.63. The number of rotatable bonds is 5. The molecular formula is C21H26N4O3. The summed E-state index contributed by atoms with van der Waals surface area (Å²) in [5.74, 6) is 1.29. The fraction of sp³-hybridized carbons (Fsp3) is 0.429. The fourth-order valence-electron chi connectivity index (χ4n) is 3.30. The van der Waals surface area contributed by atoms with Gasteiger partial charge in [-0.25, -0.2) is 9.97 Å². The Morgan fingerprint density at radius 1 is 1.25 bits per heavy atom. The largest absolute Gasteiger partial charge is 0.484 e. The molecular weight excluding hydrogens is 356 g/mol. The molecule has 148 valence electrons. The van der Waals surface area contributed by atoms with Crippen LogP contribution in [-0.4, -0.2) is 65.4 Å². The van der Waals surface area contributed by atoms with Gasteiger partial charge >= 0.3 is 0 Å². The van der Waals surface area contributed by atoms with Crippen LogP contribution in [0.3, 0.4) is 0 Å². The summed E-state index contributed by atoms with van der Waals surface area (Å²) in [5, 5.41) is 0. The molecule has 0 saturated carbocycles. The lowest BCUT2D eigenvalue weighted by atomic mass is 9.97. The lowest BCUT2D eigenvalue weighted by molar-refractivity contribution is -0.134. The lowest BCUT2D eigenvalue weighted by Crippen LogP contribution is -2.42. The van der Waals surface area contributed by atoms with Crippen molar-refractivity contribution in [2.75, 3.05) is 33.8 Å². The van der Waals surface area contributed by atoms with Crippen LogP contribution >= 0.6 is 0 Å². The van der Waals surface area contributed by atoms with Crippen molar-refractivity contribution in [1.29, 1.82) is 0 Å². The second kappa shape index (κ2) is 8.82. The second-order valence-electron chi connectivity index (χ2n) is 7.21. The van der Waals surface area contributed by atoms with Crippen molar-refractivity contribution >= 4 is 11.8 Å². The number of piperidine rings is 1. The minimum absolute atomic E-state index is 0.0207. The number of likely N-dealkylation sites (tertiary alicyclic amines) is 1. The Hall–Kier alpha value is -2.96. The minimum Gasteiger partial charge on any atom is -0.484 e. The highest BCUT2D eigenvalue weighted by Crippen LogP contribution is 2.25. The predicted octanol–water partition coefficient (Wildman–Crippen LogP) is 2.27. The van der Waals surface area contributed by atoms with E-state index >= 15 is 0 Å². The molecule has 2 heterocycles. The van der Waals surface area contributed by atoms with Gasteiger partial charge in [-0.2, -0.15) is 0 Å². The fourth-order valence-corrected chi connectivity index (χ4v) is 3.30. The summed E-state index contributed by atoms with van der Waals surface area (Å²) in [4.78, 5) is 37.0. The highest BCUT2D eigenvalue weighted by atomic mass is 16.5. The SMILES string of the molecule is Cc1nc([C@H]2CCCN(C(=O)COc3ccccc3)C2)ncc1C(=O)N(C)C. The van der Waals surface area contributed by atoms with Crippen LogP contribution < -0.4 is 4.74 Å². The van der Waals surface area contributed by atoms with Gasteiger partial charge in [0.25, 0.3) is 11.8 Å². The highest BCUT2D eigenvalue weighted by Gasteiger charge is 2.27. The van der Waals surface area contributed by atoms with Crippen LogP contribution in [0.4, 0.5) is 0 Å². The minimum atomic E-state index is -0.109. The molecule has 0 unspecified atom stereocenters. The molecule has 0 N–H and O–H groups in total. The Labute approximate surface area is 165 Å². The molecule has 1 aromatic heterocycles. The number of hydrogen-bond donors (Lipinski definition) is 0. The van der Waals surface area contributed by atoms with Crippen molar-refractivity contribution < 1.29 is 14.3 Å². The number of amides is 2. The van der Waals surface area contributed by atoms with Gasteiger partial charge in [0, 0.05) is 39.3 Å². The van der Waals surface area contributed by atoms with Gasteiger partial charge in [-0.1, -0.05) is 18.2 Å². The van der Waals surface area contributed by atoms with E-state index in [1.54, 1.807) is 20.3 Å². The van der Waals surface area contributed by atoms with Gasteiger partial charge < -0.3 is 14.5 Å². The van der Waals surface area contributed by atoms with Gasteiger partial charge in [0.2, 0.25) is 0 Å². The standard InChI is InChI=1S/C21H26N4O3/c1-15-18(21(27)24(2)3)12-22-20(23-15)16-8-7-11-25(13-16)19(26)14-28-17-9-5-4-6-10-17/h4-6,9-10,12,16H,7-8,11,13-14H2,1-3H3/t16-/m0/s1. The molecule has 1 saturated heterocycles. The van der Waals surface area contributed by atoms with Crippen LogP contribution in [0, 0.1) is 6.92 Å². The number of benzene rings is 1. The number of para-hydroxylation sites is 1. The van der Waals surface area contributed by atoms with E-state index in [0.717, 1.165) is 12.8 Å². The molecule has 1 aromatic carbocycles. The smallest absolute Gasteiger partial charge is 0.260 e. The first-order chi connectivity index (χ1) is 13.5. The average Bonchev–Trinajstić information content (AvgIpc) is 2.72. The third-order valence-corrected chi connectivity index (χ3v) is 4.88. The molecule has 0 aliphatic carbocycles. The topological polar surface area (TPSA) is 75.6 Å². The van der Waals surface area contributed by atoms with E-state index < -0.39 is 0 Å². The van der Waals surface area contributed by atoms with Crippen molar-refractivity contribution in [2.24, 2.45) is 0 Å². The van der Waals surface area contributed by atoms with Crippen LogP contribution in [0.2, 0.25) is 0 Å². The first kappa shape index (κ1) is 19.8. The summed E-state index contributed by atoms with van der Waals surface area (Å²) in [7, 11) is 3.41. The van der Waals surface area contributed by atoms with Gasteiger partial charge in [0.15, 0.2) is 6.61 Å². The van der Waals surface area contributed by atoms with Crippen molar-refractivity contribution in [3.63, 3.8) is 0 Å². The zero-order valence-electron chi connectivity index (χ0n) is 16.6. The quantitative estimate of drug-likeness (QED) is 0.793. The zero-order chi connectivity index (χ0) is 20.1. The molecule has 1 fully saturated rings. The van der Waals surface area contributed by atoms with E-state index in [0.29, 0.717) is 35.9 Å². The van der Waals surface area contributed by atoms with Crippen LogP contribution in [0.25, 0.3) is 0 Å². The first-order valence-corrected chi connectivity index (χ1v) is 9.46. The molecule has 1 aliphatic rings. The van der Waals surface area contributed by atoms with E-state index in [-0.39, 0.29) is 24.3 Å². The van der Waals surface area contributed by atoms with Gasteiger partial charge in [0.1, 0.15) is 11.6 Å². The van der Waals surface area contributed by atoms with Crippen molar-refractivity contribution in [3.8, 4) is 5.75 Å². The van der Waals surface area contributed by atoms with E-state index in [1.807, 2.05) is 42.2 Å². The number of aryl methyl sites for hydroxylation is 1. The maximum atomic E-state index is 12.5. The molecule has 2 amide bonds. The number of carbonyl (C=O) groups excluding carboxylic acids is 2. The maximum absolute atomic E-state index is 12.5. The molecule has 2 aromatic rings. The second-order valence-corrected chi connectivity index (χ2v) is 7.21. The van der Waals surface area contributed by atoms with E-state index in [9.17, 15) is 9.59 Å². The van der Waals surface area contributed by atoms with Crippen LogP contribution in [0.5, 0.6) is 5.75 Å². The Bertz CT molecular complexity index is 839. The number of aromatic nitrogens is 2. The van der Waals surface area contributed by atoms with Gasteiger partial charge in [-0.3, -0.25) is 9.59 Å². The number of ether oxygens (including phenoxy) is 1. The first-order valence-electron chi connectivity index (χ1n) is 9.46. The van der Waals surface area contributed by atoms with Gasteiger partial charge in [0.05, 0.1) is 11.3 Å².